The lowest BCUT2D eigenvalue weighted by Crippen LogP contribution is -2.50. The number of rotatable bonds is 4. The number of nitrogens with zero attached hydrogens (tertiary/aromatic N) is 1. The molecule has 0 spiro atoms. The Bertz CT molecular complexity index is 444. The van der Waals surface area contributed by atoms with Gasteiger partial charge in [-0.1, -0.05) is 19.1 Å². The zero-order valence-electron chi connectivity index (χ0n) is 12.0. The van der Waals surface area contributed by atoms with Crippen LogP contribution in [0.3, 0.4) is 0 Å². The Morgan fingerprint density at radius 1 is 1.19 bits per heavy atom. The van der Waals surface area contributed by atoms with Gasteiger partial charge in [-0.2, -0.15) is 13.2 Å². The molecular weight excluding hydrogens is 284 g/mol. The second-order valence-corrected chi connectivity index (χ2v) is 5.85. The molecule has 2 unspecified atom stereocenters. The van der Waals surface area contributed by atoms with Gasteiger partial charge in [0.1, 0.15) is 5.82 Å². The zero-order chi connectivity index (χ0) is 15.5. The Morgan fingerprint density at radius 3 is 2.48 bits per heavy atom. The number of hydrogen-bond acceptors (Lipinski definition) is 2. The minimum absolute atomic E-state index is 0.157. The van der Waals surface area contributed by atoms with Crippen molar-refractivity contribution < 1.29 is 17.6 Å². The van der Waals surface area contributed by atoms with Gasteiger partial charge in [-0.3, -0.25) is 4.90 Å². The average Bonchev–Trinajstić information content (AvgIpc) is 2.38. The van der Waals surface area contributed by atoms with Crippen molar-refractivity contribution in [3.8, 4) is 0 Å². The Morgan fingerprint density at radius 2 is 1.86 bits per heavy atom. The fraction of sp³-hybridized carbons (Fsp3) is 0.600. The summed E-state index contributed by atoms with van der Waals surface area (Å²) < 4.78 is 49.7. The molecule has 0 saturated carbocycles. The van der Waals surface area contributed by atoms with Crippen molar-refractivity contribution in [3.05, 3.63) is 35.6 Å². The number of halogens is 4. The highest BCUT2D eigenvalue weighted by molar-refractivity contribution is 5.16. The molecule has 1 aromatic carbocycles. The summed E-state index contributed by atoms with van der Waals surface area (Å²) in [6.07, 6.45) is -3.43. The van der Waals surface area contributed by atoms with E-state index in [2.05, 4.69) is 10.2 Å². The lowest BCUT2D eigenvalue weighted by atomic mass is 9.95. The number of likely N-dealkylation sites (tertiary alicyclic amines) is 1. The van der Waals surface area contributed by atoms with Crippen LogP contribution in [0, 0.1) is 11.7 Å². The molecule has 1 N–H and O–H groups in total. The molecule has 6 heteroatoms. The fourth-order valence-corrected chi connectivity index (χ4v) is 2.85. The largest absolute Gasteiger partial charge is 0.401 e. The van der Waals surface area contributed by atoms with Crippen molar-refractivity contribution in [2.45, 2.75) is 32.1 Å². The summed E-state index contributed by atoms with van der Waals surface area (Å²) in [5, 5.41) is 2.59. The molecule has 1 aromatic rings. The molecule has 21 heavy (non-hydrogen) atoms. The van der Waals surface area contributed by atoms with E-state index in [1.165, 1.54) is 12.1 Å². The van der Waals surface area contributed by atoms with E-state index in [1.807, 2.05) is 6.92 Å². The second kappa shape index (κ2) is 6.75. The first-order valence-electron chi connectivity index (χ1n) is 7.09. The van der Waals surface area contributed by atoms with E-state index in [4.69, 9.17) is 0 Å². The molecule has 1 saturated heterocycles. The molecule has 0 aliphatic carbocycles. The van der Waals surface area contributed by atoms with Gasteiger partial charge in [-0.25, -0.2) is 4.39 Å². The topological polar surface area (TPSA) is 15.3 Å². The van der Waals surface area contributed by atoms with Crippen LogP contribution < -0.4 is 5.32 Å². The second-order valence-electron chi connectivity index (χ2n) is 5.85. The first-order chi connectivity index (χ1) is 9.82. The molecule has 0 bridgehead atoms. The van der Waals surface area contributed by atoms with Crippen molar-refractivity contribution in [3.63, 3.8) is 0 Å². The molecule has 0 amide bonds. The molecule has 2 atom stereocenters. The normalized spacial score (nSPS) is 24.2. The van der Waals surface area contributed by atoms with Crippen LogP contribution in [0.1, 0.15) is 18.9 Å². The molecule has 0 aromatic heterocycles. The van der Waals surface area contributed by atoms with Crippen LogP contribution in [0.4, 0.5) is 17.6 Å². The van der Waals surface area contributed by atoms with Gasteiger partial charge in [0.2, 0.25) is 0 Å². The third kappa shape index (κ3) is 5.63. The van der Waals surface area contributed by atoms with E-state index in [9.17, 15) is 17.6 Å². The SMILES string of the molecule is CC1CC(NCC(F)(F)F)CN(Cc2ccc(F)cc2)C1. The summed E-state index contributed by atoms with van der Waals surface area (Å²) in [5.74, 6) is 0.0559. The summed E-state index contributed by atoms with van der Waals surface area (Å²) in [5.41, 5.74) is 0.972. The summed E-state index contributed by atoms with van der Waals surface area (Å²) in [7, 11) is 0. The number of hydrogen-bond donors (Lipinski definition) is 1. The Hall–Kier alpha value is -1.14. The van der Waals surface area contributed by atoms with Gasteiger partial charge in [-0.15, -0.1) is 0 Å². The third-order valence-corrected chi connectivity index (χ3v) is 3.65. The first-order valence-corrected chi connectivity index (χ1v) is 7.09. The van der Waals surface area contributed by atoms with Gasteiger partial charge >= 0.3 is 6.18 Å². The Labute approximate surface area is 122 Å². The predicted molar refractivity (Wildman–Crippen MR) is 73.3 cm³/mol. The Kier molecular flexibility index (Phi) is 5.22. The smallest absolute Gasteiger partial charge is 0.305 e. The molecule has 118 valence electrons. The van der Waals surface area contributed by atoms with Crippen LogP contribution in [0.5, 0.6) is 0 Å². The Balaban J connectivity index is 1.89. The number of piperidine rings is 1. The molecule has 1 heterocycles. The quantitative estimate of drug-likeness (QED) is 0.860. The third-order valence-electron chi connectivity index (χ3n) is 3.65. The highest BCUT2D eigenvalue weighted by Crippen LogP contribution is 2.20. The summed E-state index contributed by atoms with van der Waals surface area (Å²) in [4.78, 5) is 2.12. The van der Waals surface area contributed by atoms with Gasteiger partial charge in [0.25, 0.3) is 0 Å². The van der Waals surface area contributed by atoms with Gasteiger partial charge in [0, 0.05) is 25.7 Å². The highest BCUT2D eigenvalue weighted by atomic mass is 19.4. The molecule has 0 radical (unpaired) electrons. The lowest BCUT2D eigenvalue weighted by Gasteiger charge is -2.37. The van der Waals surface area contributed by atoms with Crippen molar-refractivity contribution in [1.82, 2.24) is 10.2 Å². The lowest BCUT2D eigenvalue weighted by molar-refractivity contribution is -0.127. The summed E-state index contributed by atoms with van der Waals surface area (Å²) >= 11 is 0. The van der Waals surface area contributed by atoms with Crippen molar-refractivity contribution in [2.24, 2.45) is 5.92 Å². The van der Waals surface area contributed by atoms with Crippen LogP contribution in [0.15, 0.2) is 24.3 Å². The predicted octanol–water partition coefficient (Wildman–Crippen LogP) is 3.19. The molecule has 1 aliphatic heterocycles. The summed E-state index contributed by atoms with van der Waals surface area (Å²) in [6, 6.07) is 6.08. The molecular formula is C15H20F4N2. The van der Waals surface area contributed by atoms with E-state index >= 15 is 0 Å². The highest BCUT2D eigenvalue weighted by Gasteiger charge is 2.31. The van der Waals surface area contributed by atoms with Crippen LogP contribution in [0.25, 0.3) is 0 Å². The van der Waals surface area contributed by atoms with Gasteiger partial charge in [-0.05, 0) is 30.0 Å². The van der Waals surface area contributed by atoms with Gasteiger partial charge in [0.15, 0.2) is 0 Å². The van der Waals surface area contributed by atoms with Gasteiger partial charge < -0.3 is 5.32 Å². The van der Waals surface area contributed by atoms with Crippen molar-refractivity contribution in [1.29, 1.82) is 0 Å². The van der Waals surface area contributed by atoms with Crippen LogP contribution in [0.2, 0.25) is 0 Å². The minimum Gasteiger partial charge on any atom is -0.305 e. The molecule has 2 nitrogen and oxygen atoms in total. The number of alkyl halides is 3. The minimum atomic E-state index is -4.18. The zero-order valence-corrected chi connectivity index (χ0v) is 12.0. The van der Waals surface area contributed by atoms with E-state index in [1.54, 1.807) is 12.1 Å². The summed E-state index contributed by atoms with van der Waals surface area (Å²) in [6.45, 7) is 3.15. The number of benzene rings is 1. The fourth-order valence-electron chi connectivity index (χ4n) is 2.85. The van der Waals surface area contributed by atoms with Gasteiger partial charge in [0.05, 0.1) is 6.54 Å². The maximum absolute atomic E-state index is 12.9. The maximum Gasteiger partial charge on any atom is 0.401 e. The van der Waals surface area contributed by atoms with E-state index in [-0.39, 0.29) is 11.9 Å². The van der Waals surface area contributed by atoms with Crippen molar-refractivity contribution in [2.75, 3.05) is 19.6 Å². The van der Waals surface area contributed by atoms with Crippen LogP contribution in [-0.4, -0.2) is 36.8 Å². The monoisotopic (exact) mass is 304 g/mol. The number of nitrogens with one attached hydrogen (secondary N) is 1. The molecule has 1 fully saturated rings. The van der Waals surface area contributed by atoms with E-state index in [0.29, 0.717) is 19.0 Å². The van der Waals surface area contributed by atoms with E-state index in [0.717, 1.165) is 18.5 Å². The first kappa shape index (κ1) is 16.2. The standard InChI is InChI=1S/C15H20F4N2/c1-11-6-14(20-10-15(17,18)19)9-21(7-11)8-12-2-4-13(16)5-3-12/h2-5,11,14,20H,6-10H2,1H3. The van der Waals surface area contributed by atoms with Crippen molar-refractivity contribution >= 4 is 0 Å². The molecule has 1 aliphatic rings. The maximum atomic E-state index is 12.9. The van der Waals surface area contributed by atoms with Crippen LogP contribution in [-0.2, 0) is 6.54 Å². The van der Waals surface area contributed by atoms with Crippen LogP contribution >= 0.6 is 0 Å². The van der Waals surface area contributed by atoms with E-state index < -0.39 is 12.7 Å². The molecule has 2 rings (SSSR count). The average molecular weight is 304 g/mol.